The van der Waals surface area contributed by atoms with Gasteiger partial charge in [0.2, 0.25) is 5.69 Å². The first kappa shape index (κ1) is 15.7. The van der Waals surface area contributed by atoms with Crippen molar-refractivity contribution in [1.29, 1.82) is 5.26 Å². The highest BCUT2D eigenvalue weighted by Gasteiger charge is 2.43. The van der Waals surface area contributed by atoms with Gasteiger partial charge in [-0.05, 0) is 30.7 Å². The van der Waals surface area contributed by atoms with Gasteiger partial charge in [0.25, 0.3) is 0 Å². The summed E-state index contributed by atoms with van der Waals surface area (Å²) in [5.74, 6) is 0. The van der Waals surface area contributed by atoms with Crippen molar-refractivity contribution < 1.29 is 21.6 Å². The van der Waals surface area contributed by atoms with E-state index in [1.165, 1.54) is 27.7 Å². The molecule has 0 amide bonds. The first-order valence-electron chi connectivity index (χ1n) is 7.08. The Labute approximate surface area is 136 Å². The molecule has 0 saturated carbocycles. The maximum atomic E-state index is 8.88. The van der Waals surface area contributed by atoms with E-state index in [2.05, 4.69) is 67.8 Å². The minimum Gasteiger partial charge on any atom is -1.00 e. The van der Waals surface area contributed by atoms with Gasteiger partial charge in [0.1, 0.15) is 0 Å². The second-order valence-electron chi connectivity index (χ2n) is 5.95. The number of rotatable bonds is 2. The molecule has 1 aliphatic rings. The zero-order valence-electron chi connectivity index (χ0n) is 12.7. The van der Waals surface area contributed by atoms with Crippen molar-refractivity contribution >= 4 is 22.2 Å². The van der Waals surface area contributed by atoms with Gasteiger partial charge >= 0.3 is 0 Å². The summed E-state index contributed by atoms with van der Waals surface area (Å²) in [4.78, 5) is 0. The molecule has 0 N–H and O–H groups in total. The monoisotopic (exact) mass is 342 g/mol. The van der Waals surface area contributed by atoms with Crippen LogP contribution in [-0.4, -0.2) is 16.8 Å². The zero-order chi connectivity index (χ0) is 14.3. The van der Waals surface area contributed by atoms with E-state index in [0.717, 1.165) is 6.54 Å². The number of nitriles is 1. The average Bonchev–Trinajstić information content (AvgIpc) is 2.65. The van der Waals surface area contributed by atoms with E-state index in [0.29, 0.717) is 6.42 Å². The van der Waals surface area contributed by atoms with E-state index in [9.17, 15) is 0 Å². The van der Waals surface area contributed by atoms with Crippen molar-refractivity contribution in [3.8, 4) is 6.07 Å². The Balaban J connectivity index is 0.00000161. The number of nitrogens with zero attached hydrogens (tertiary/aromatic N) is 2. The topological polar surface area (TPSA) is 26.8 Å². The van der Waals surface area contributed by atoms with Gasteiger partial charge in [-0.15, -0.1) is 0 Å². The van der Waals surface area contributed by atoms with Gasteiger partial charge in [-0.2, -0.15) is 9.84 Å². The van der Waals surface area contributed by atoms with Crippen molar-refractivity contribution in [3.05, 3.63) is 42.0 Å². The Bertz CT molecular complexity index is 766. The number of fused-ring (bicyclic) bond motifs is 3. The molecular weight excluding hydrogens is 324 g/mol. The zero-order valence-corrected chi connectivity index (χ0v) is 14.2. The summed E-state index contributed by atoms with van der Waals surface area (Å²) in [7, 11) is 0. The van der Waals surface area contributed by atoms with Crippen molar-refractivity contribution in [1.82, 2.24) is 0 Å². The van der Waals surface area contributed by atoms with Gasteiger partial charge in [-0.3, -0.25) is 0 Å². The van der Waals surface area contributed by atoms with Gasteiger partial charge in [0, 0.05) is 18.6 Å². The van der Waals surface area contributed by atoms with Crippen LogP contribution in [0, 0.1) is 11.3 Å². The molecule has 0 aliphatic carbocycles. The first-order chi connectivity index (χ1) is 9.57. The summed E-state index contributed by atoms with van der Waals surface area (Å²) in [5.41, 5.74) is 4.01. The lowest BCUT2D eigenvalue weighted by molar-refractivity contribution is -0.437. The average molecular weight is 343 g/mol. The van der Waals surface area contributed by atoms with Crippen LogP contribution >= 0.6 is 0 Å². The molecule has 0 radical (unpaired) electrons. The van der Waals surface area contributed by atoms with Crippen molar-refractivity contribution in [2.45, 2.75) is 32.6 Å². The third kappa shape index (κ3) is 2.28. The molecule has 0 atom stereocenters. The lowest BCUT2D eigenvalue weighted by Gasteiger charge is -2.17. The molecule has 3 rings (SSSR count). The van der Waals surface area contributed by atoms with Crippen molar-refractivity contribution in [2.24, 2.45) is 0 Å². The predicted octanol–water partition coefficient (Wildman–Crippen LogP) is 1.15. The molecule has 1 aliphatic heterocycles. The molecular formula is C18H19BrN2. The van der Waals surface area contributed by atoms with Crippen LogP contribution in [0.4, 0.5) is 5.69 Å². The van der Waals surface area contributed by atoms with Crippen LogP contribution < -0.4 is 17.0 Å². The number of benzene rings is 2. The Morgan fingerprint density at radius 1 is 1.14 bits per heavy atom. The molecule has 108 valence electrons. The largest absolute Gasteiger partial charge is 1.00 e. The SMILES string of the molecule is CC1=[N+](CCC#N)c2ccc3ccccc3c2C1(C)C.[Br-]. The second kappa shape index (κ2) is 5.61. The van der Waals surface area contributed by atoms with E-state index in [1.54, 1.807) is 0 Å². The van der Waals surface area contributed by atoms with Gasteiger partial charge in [0.05, 0.1) is 17.9 Å². The highest BCUT2D eigenvalue weighted by Crippen LogP contribution is 2.43. The Kier molecular flexibility index (Phi) is 4.20. The summed E-state index contributed by atoms with van der Waals surface area (Å²) in [5, 5.41) is 11.5. The summed E-state index contributed by atoms with van der Waals surface area (Å²) in [6.07, 6.45) is 0.555. The number of hydrogen-bond donors (Lipinski definition) is 0. The maximum Gasteiger partial charge on any atom is 0.210 e. The fourth-order valence-corrected chi connectivity index (χ4v) is 3.29. The summed E-state index contributed by atoms with van der Waals surface area (Å²) >= 11 is 0. The van der Waals surface area contributed by atoms with Gasteiger partial charge in [-0.25, -0.2) is 0 Å². The van der Waals surface area contributed by atoms with Crippen LogP contribution in [-0.2, 0) is 5.41 Å². The summed E-state index contributed by atoms with van der Waals surface area (Å²) < 4.78 is 2.31. The third-order valence-electron chi connectivity index (χ3n) is 4.58. The molecule has 21 heavy (non-hydrogen) atoms. The lowest BCUT2D eigenvalue weighted by Crippen LogP contribution is -3.00. The summed E-state index contributed by atoms with van der Waals surface area (Å²) in [6.45, 7) is 7.52. The Morgan fingerprint density at radius 3 is 2.57 bits per heavy atom. The van der Waals surface area contributed by atoms with Crippen LogP contribution in [0.2, 0.25) is 0 Å². The molecule has 0 aromatic heterocycles. The van der Waals surface area contributed by atoms with Crippen molar-refractivity contribution in [2.75, 3.05) is 6.54 Å². The molecule has 2 aromatic carbocycles. The molecule has 1 heterocycles. The van der Waals surface area contributed by atoms with Crippen LogP contribution in [0.3, 0.4) is 0 Å². The van der Waals surface area contributed by atoms with E-state index >= 15 is 0 Å². The minimum atomic E-state index is 0. The molecule has 2 aromatic rings. The molecule has 0 bridgehead atoms. The number of halogens is 1. The maximum absolute atomic E-state index is 8.88. The molecule has 3 heteroatoms. The van der Waals surface area contributed by atoms with Gasteiger partial charge in [-0.1, -0.05) is 24.3 Å². The fourth-order valence-electron chi connectivity index (χ4n) is 3.29. The van der Waals surface area contributed by atoms with Gasteiger partial charge in [0.15, 0.2) is 12.3 Å². The van der Waals surface area contributed by atoms with Crippen LogP contribution in [0.15, 0.2) is 36.4 Å². The van der Waals surface area contributed by atoms with Crippen LogP contribution in [0.1, 0.15) is 32.8 Å². The number of hydrogen-bond acceptors (Lipinski definition) is 1. The van der Waals surface area contributed by atoms with Gasteiger partial charge < -0.3 is 17.0 Å². The standard InChI is InChI=1S/C18H19N2.BrH/c1-13-18(2,3)17-15-8-5-4-7-14(15)9-10-16(17)20(13)12-6-11-19;/h4-5,7-10H,6,12H2,1-3H3;1H/q+1;/p-1. The Morgan fingerprint density at radius 2 is 1.86 bits per heavy atom. The second-order valence-corrected chi connectivity index (χ2v) is 5.95. The third-order valence-corrected chi connectivity index (χ3v) is 4.58. The highest BCUT2D eigenvalue weighted by molar-refractivity contribution is 6.01. The fraction of sp³-hybridized carbons (Fsp3) is 0.333. The van der Waals surface area contributed by atoms with E-state index in [-0.39, 0.29) is 22.4 Å². The molecule has 0 spiro atoms. The predicted molar refractivity (Wildman–Crippen MR) is 82.7 cm³/mol. The minimum absolute atomic E-state index is 0. The van der Waals surface area contributed by atoms with E-state index < -0.39 is 0 Å². The van der Waals surface area contributed by atoms with E-state index in [1.807, 2.05) is 0 Å². The van der Waals surface area contributed by atoms with Crippen molar-refractivity contribution in [3.63, 3.8) is 0 Å². The molecule has 0 fully saturated rings. The van der Waals surface area contributed by atoms with E-state index in [4.69, 9.17) is 5.26 Å². The molecule has 2 nitrogen and oxygen atoms in total. The smallest absolute Gasteiger partial charge is 0.210 e. The summed E-state index contributed by atoms with van der Waals surface area (Å²) in [6, 6.07) is 15.2. The van der Waals surface area contributed by atoms with Crippen LogP contribution in [0.25, 0.3) is 10.8 Å². The normalized spacial score (nSPS) is 15.5. The Hall–Kier alpha value is -1.66. The highest BCUT2D eigenvalue weighted by atomic mass is 79.9. The molecule has 0 saturated heterocycles. The quantitative estimate of drug-likeness (QED) is 0.752. The van der Waals surface area contributed by atoms with Crippen LogP contribution in [0.5, 0.6) is 0 Å². The first-order valence-corrected chi connectivity index (χ1v) is 7.08. The molecule has 0 unspecified atom stereocenters. The lowest BCUT2D eigenvalue weighted by atomic mass is 9.80.